The summed E-state index contributed by atoms with van der Waals surface area (Å²) in [6.45, 7) is 0. The molecule has 2 saturated carbocycles. The molecule has 3 aliphatic rings. The molecule has 2 nitrogen and oxygen atoms in total. The van der Waals surface area contributed by atoms with E-state index in [1.807, 2.05) is 18.2 Å². The van der Waals surface area contributed by atoms with Crippen LogP contribution in [0.1, 0.15) is 24.8 Å². The number of benzene rings is 1. The first-order valence-corrected chi connectivity index (χ1v) is 7.19. The van der Waals surface area contributed by atoms with E-state index >= 15 is 0 Å². The summed E-state index contributed by atoms with van der Waals surface area (Å²) in [5, 5.41) is 5.65. The maximum absolute atomic E-state index is 6.28. The van der Waals surface area contributed by atoms with Gasteiger partial charge in [-0.3, -0.25) is 0 Å². The van der Waals surface area contributed by atoms with Crippen molar-refractivity contribution >= 4 is 28.9 Å². The van der Waals surface area contributed by atoms with Gasteiger partial charge < -0.3 is 4.84 Å². The molecule has 0 saturated heterocycles. The highest BCUT2D eigenvalue weighted by molar-refractivity contribution is 6.40. The Hall–Kier alpha value is -0.730. The predicted octanol–water partition coefficient (Wildman–Crippen LogP) is 4.14. The lowest BCUT2D eigenvalue weighted by atomic mass is 9.81. The third-order valence-corrected chi connectivity index (χ3v) is 5.28. The lowest BCUT2D eigenvalue weighted by Crippen LogP contribution is -2.30. The summed E-state index contributed by atoms with van der Waals surface area (Å²) in [4.78, 5) is 5.66. The Balaban J connectivity index is 1.78. The SMILES string of the molecule is Clc1cccc(Cl)c1C1=NOC2C1[C@@H]1CC[C@H]2C1. The quantitative estimate of drug-likeness (QED) is 0.758. The summed E-state index contributed by atoms with van der Waals surface area (Å²) < 4.78 is 0. The van der Waals surface area contributed by atoms with E-state index in [4.69, 9.17) is 28.0 Å². The third kappa shape index (κ3) is 1.39. The maximum Gasteiger partial charge on any atom is 0.139 e. The second-order valence-electron chi connectivity index (χ2n) is 5.50. The number of oxime groups is 1. The highest BCUT2D eigenvalue weighted by Crippen LogP contribution is 2.54. The summed E-state index contributed by atoms with van der Waals surface area (Å²) in [5.74, 6) is 1.79. The molecule has 0 aromatic heterocycles. The Labute approximate surface area is 116 Å². The molecule has 94 valence electrons. The number of rotatable bonds is 1. The van der Waals surface area contributed by atoms with Crippen LogP contribution in [0.3, 0.4) is 0 Å². The zero-order valence-corrected chi connectivity index (χ0v) is 11.3. The van der Waals surface area contributed by atoms with E-state index in [9.17, 15) is 0 Å². The molecule has 2 aliphatic carbocycles. The van der Waals surface area contributed by atoms with E-state index in [2.05, 4.69) is 5.16 Å². The topological polar surface area (TPSA) is 21.6 Å². The summed E-state index contributed by atoms with van der Waals surface area (Å²) in [7, 11) is 0. The van der Waals surface area contributed by atoms with E-state index in [-0.39, 0.29) is 6.10 Å². The van der Waals surface area contributed by atoms with Crippen molar-refractivity contribution in [1.29, 1.82) is 0 Å². The van der Waals surface area contributed by atoms with Crippen molar-refractivity contribution in [2.45, 2.75) is 25.4 Å². The van der Waals surface area contributed by atoms with Crippen LogP contribution in [-0.4, -0.2) is 11.8 Å². The average Bonchev–Trinajstić information content (AvgIpc) is 3.00. The molecular formula is C14H13Cl2NO. The van der Waals surface area contributed by atoms with Crippen molar-refractivity contribution in [3.05, 3.63) is 33.8 Å². The van der Waals surface area contributed by atoms with Crippen molar-refractivity contribution in [3.63, 3.8) is 0 Å². The van der Waals surface area contributed by atoms with Gasteiger partial charge in [0.25, 0.3) is 0 Å². The van der Waals surface area contributed by atoms with Crippen LogP contribution in [0.2, 0.25) is 10.0 Å². The molecule has 0 radical (unpaired) electrons. The molecule has 1 aromatic rings. The van der Waals surface area contributed by atoms with Crippen molar-refractivity contribution in [2.75, 3.05) is 0 Å². The fraction of sp³-hybridized carbons (Fsp3) is 0.500. The molecule has 0 spiro atoms. The smallest absolute Gasteiger partial charge is 0.139 e. The fourth-order valence-electron chi connectivity index (χ4n) is 3.90. The average molecular weight is 282 g/mol. The van der Waals surface area contributed by atoms with Gasteiger partial charge in [-0.05, 0) is 43.2 Å². The van der Waals surface area contributed by atoms with Crippen molar-refractivity contribution in [3.8, 4) is 0 Å². The largest absolute Gasteiger partial charge is 0.391 e. The second kappa shape index (κ2) is 3.88. The Morgan fingerprint density at radius 1 is 1.11 bits per heavy atom. The molecule has 4 atom stereocenters. The number of nitrogens with zero attached hydrogens (tertiary/aromatic N) is 1. The van der Waals surface area contributed by atoms with Crippen LogP contribution in [0.5, 0.6) is 0 Å². The third-order valence-electron chi connectivity index (χ3n) is 4.65. The number of hydrogen-bond donors (Lipinski definition) is 0. The summed E-state index contributed by atoms with van der Waals surface area (Å²) in [5.41, 5.74) is 1.85. The molecule has 4 heteroatoms. The van der Waals surface area contributed by atoms with Crippen molar-refractivity contribution in [1.82, 2.24) is 0 Å². The first kappa shape index (κ1) is 11.1. The molecule has 1 aromatic carbocycles. The van der Waals surface area contributed by atoms with E-state index in [1.165, 1.54) is 19.3 Å². The standard InChI is InChI=1S/C14H13Cl2NO/c15-9-2-1-3-10(16)12(9)13-11-7-4-5-8(6-7)14(11)18-17-13/h1-3,7-8,11,14H,4-6H2/t7-,8+,11?,14?/m1/s1. The minimum absolute atomic E-state index is 0.270. The lowest BCUT2D eigenvalue weighted by Gasteiger charge is -2.23. The Morgan fingerprint density at radius 2 is 1.83 bits per heavy atom. The molecular weight excluding hydrogens is 269 g/mol. The van der Waals surface area contributed by atoms with Gasteiger partial charge in [0.15, 0.2) is 0 Å². The molecule has 0 N–H and O–H groups in total. The number of halogens is 2. The van der Waals surface area contributed by atoms with Gasteiger partial charge in [-0.25, -0.2) is 0 Å². The zero-order valence-electron chi connectivity index (χ0n) is 9.77. The molecule has 2 bridgehead atoms. The Bertz CT molecular complexity index is 522. The van der Waals surface area contributed by atoms with Crippen LogP contribution in [0, 0.1) is 17.8 Å². The van der Waals surface area contributed by atoms with Crippen LogP contribution < -0.4 is 0 Å². The number of fused-ring (bicyclic) bond motifs is 5. The van der Waals surface area contributed by atoms with Crippen LogP contribution in [0.4, 0.5) is 0 Å². The number of hydrogen-bond acceptors (Lipinski definition) is 2. The fourth-order valence-corrected chi connectivity index (χ4v) is 4.49. The van der Waals surface area contributed by atoms with E-state index in [0.29, 0.717) is 27.8 Å². The van der Waals surface area contributed by atoms with Gasteiger partial charge in [0.2, 0.25) is 0 Å². The normalized spacial score (nSPS) is 36.4. The summed E-state index contributed by atoms with van der Waals surface area (Å²) in [6.07, 6.45) is 4.11. The first-order valence-electron chi connectivity index (χ1n) is 6.44. The zero-order chi connectivity index (χ0) is 12.3. The molecule has 2 fully saturated rings. The Morgan fingerprint density at radius 3 is 2.61 bits per heavy atom. The van der Waals surface area contributed by atoms with Crippen LogP contribution >= 0.6 is 23.2 Å². The monoisotopic (exact) mass is 281 g/mol. The minimum Gasteiger partial charge on any atom is -0.391 e. The van der Waals surface area contributed by atoms with Gasteiger partial charge in [-0.15, -0.1) is 0 Å². The molecule has 18 heavy (non-hydrogen) atoms. The lowest BCUT2D eigenvalue weighted by molar-refractivity contribution is 0.0275. The van der Waals surface area contributed by atoms with Crippen molar-refractivity contribution in [2.24, 2.45) is 22.9 Å². The van der Waals surface area contributed by atoms with Crippen LogP contribution in [0.15, 0.2) is 23.4 Å². The second-order valence-corrected chi connectivity index (χ2v) is 6.32. The van der Waals surface area contributed by atoms with E-state index < -0.39 is 0 Å². The summed E-state index contributed by atoms with van der Waals surface area (Å²) >= 11 is 12.6. The van der Waals surface area contributed by atoms with Gasteiger partial charge in [-0.1, -0.05) is 34.4 Å². The van der Waals surface area contributed by atoms with E-state index in [0.717, 1.165) is 11.3 Å². The predicted molar refractivity (Wildman–Crippen MR) is 72.2 cm³/mol. The minimum atomic E-state index is 0.270. The van der Waals surface area contributed by atoms with Gasteiger partial charge in [0.1, 0.15) is 6.10 Å². The van der Waals surface area contributed by atoms with Crippen molar-refractivity contribution < 1.29 is 4.84 Å². The molecule has 1 aliphatic heterocycles. The molecule has 4 rings (SSSR count). The summed E-state index contributed by atoms with van der Waals surface area (Å²) in [6, 6.07) is 5.60. The van der Waals surface area contributed by atoms with Gasteiger partial charge in [-0.2, -0.15) is 0 Å². The van der Waals surface area contributed by atoms with Gasteiger partial charge >= 0.3 is 0 Å². The molecule has 2 unspecified atom stereocenters. The maximum atomic E-state index is 6.28. The highest BCUT2D eigenvalue weighted by Gasteiger charge is 2.54. The van der Waals surface area contributed by atoms with Crippen LogP contribution in [-0.2, 0) is 4.84 Å². The molecule has 0 amide bonds. The van der Waals surface area contributed by atoms with Crippen LogP contribution in [0.25, 0.3) is 0 Å². The first-order chi connectivity index (χ1) is 8.75. The highest BCUT2D eigenvalue weighted by atomic mass is 35.5. The van der Waals surface area contributed by atoms with E-state index in [1.54, 1.807) is 0 Å². The van der Waals surface area contributed by atoms with Gasteiger partial charge in [0, 0.05) is 11.5 Å². The molecule has 1 heterocycles. The Kier molecular flexibility index (Phi) is 2.40. The van der Waals surface area contributed by atoms with Gasteiger partial charge in [0.05, 0.1) is 15.8 Å².